The molecule has 17 heavy (non-hydrogen) atoms. The molecule has 94 valence electrons. The minimum Gasteiger partial charge on any atom is -0.468 e. The van der Waals surface area contributed by atoms with Crippen LogP contribution in [0.4, 0.5) is 11.6 Å². The molecule has 0 unspecified atom stereocenters. The number of anilines is 2. The first-order chi connectivity index (χ1) is 8.17. The summed E-state index contributed by atoms with van der Waals surface area (Å²) in [7, 11) is 3.32. The molecule has 0 amide bonds. The van der Waals surface area contributed by atoms with E-state index < -0.39 is 0 Å². The van der Waals surface area contributed by atoms with Gasteiger partial charge in [0.25, 0.3) is 0 Å². The van der Waals surface area contributed by atoms with E-state index in [2.05, 4.69) is 26.9 Å². The lowest BCUT2D eigenvalue weighted by Crippen LogP contribution is -2.20. The maximum absolute atomic E-state index is 11.0. The highest BCUT2D eigenvalue weighted by Crippen LogP contribution is 2.12. The molecule has 0 aromatic carbocycles. The Labute approximate surface area is 101 Å². The van der Waals surface area contributed by atoms with Gasteiger partial charge in [0, 0.05) is 19.7 Å². The predicted octanol–water partition coefficient (Wildman–Crippen LogP) is 0.908. The summed E-state index contributed by atoms with van der Waals surface area (Å²) in [5.74, 6) is 1.12. The molecule has 0 aliphatic rings. The van der Waals surface area contributed by atoms with Gasteiger partial charge in [-0.15, -0.1) is 0 Å². The van der Waals surface area contributed by atoms with Gasteiger partial charge in [0.05, 0.1) is 7.11 Å². The van der Waals surface area contributed by atoms with Crippen LogP contribution in [-0.4, -0.2) is 43.2 Å². The van der Waals surface area contributed by atoms with E-state index in [9.17, 15) is 4.79 Å². The molecule has 0 bridgehead atoms. The molecule has 0 fully saturated rings. The smallest absolute Gasteiger partial charge is 0.325 e. The van der Waals surface area contributed by atoms with Crippen molar-refractivity contribution in [3.05, 3.63) is 12.4 Å². The van der Waals surface area contributed by atoms with E-state index in [-0.39, 0.29) is 12.5 Å². The van der Waals surface area contributed by atoms with Gasteiger partial charge in [0.2, 0.25) is 0 Å². The Balaban J connectivity index is 2.62. The number of hydrogen-bond acceptors (Lipinski definition) is 6. The summed E-state index contributed by atoms with van der Waals surface area (Å²) in [6.07, 6.45) is 2.52. The number of rotatable bonds is 6. The zero-order valence-electron chi connectivity index (χ0n) is 10.4. The van der Waals surface area contributed by atoms with Crippen molar-refractivity contribution in [1.29, 1.82) is 0 Å². The summed E-state index contributed by atoms with van der Waals surface area (Å²) in [6, 6.07) is 1.80. The van der Waals surface area contributed by atoms with Crippen LogP contribution in [0.2, 0.25) is 0 Å². The first-order valence-corrected chi connectivity index (χ1v) is 5.51. The van der Waals surface area contributed by atoms with Gasteiger partial charge in [0.1, 0.15) is 24.5 Å². The normalized spacial score (nSPS) is 9.82. The number of nitrogens with zero attached hydrogens (tertiary/aromatic N) is 3. The second-order valence-electron chi connectivity index (χ2n) is 3.61. The fourth-order valence-corrected chi connectivity index (χ4v) is 1.34. The van der Waals surface area contributed by atoms with E-state index in [1.165, 1.54) is 13.4 Å². The maximum atomic E-state index is 11.0. The van der Waals surface area contributed by atoms with Gasteiger partial charge in [-0.2, -0.15) is 0 Å². The van der Waals surface area contributed by atoms with Crippen molar-refractivity contribution in [2.75, 3.05) is 37.5 Å². The van der Waals surface area contributed by atoms with Gasteiger partial charge in [-0.25, -0.2) is 9.97 Å². The van der Waals surface area contributed by atoms with Crippen LogP contribution in [0.25, 0.3) is 0 Å². The molecule has 0 saturated carbocycles. The Hall–Kier alpha value is -1.85. The zero-order chi connectivity index (χ0) is 12.7. The number of carbonyl (C=O) groups is 1. The number of carbonyl (C=O) groups excluding carboxylic acids is 1. The highest BCUT2D eigenvalue weighted by Gasteiger charge is 2.05. The SMILES string of the molecule is CCCN(C)c1cc(NCC(=O)OC)ncn1. The third-order valence-electron chi connectivity index (χ3n) is 2.24. The first kappa shape index (κ1) is 13.2. The molecule has 6 heteroatoms. The van der Waals surface area contributed by atoms with Crippen LogP contribution in [0.3, 0.4) is 0 Å². The topological polar surface area (TPSA) is 67.4 Å². The highest BCUT2D eigenvalue weighted by molar-refractivity contribution is 5.74. The average Bonchev–Trinajstić information content (AvgIpc) is 2.36. The lowest BCUT2D eigenvalue weighted by molar-refractivity contribution is -0.138. The molecule has 0 saturated heterocycles. The van der Waals surface area contributed by atoms with Gasteiger partial charge >= 0.3 is 5.97 Å². The van der Waals surface area contributed by atoms with E-state index in [1.807, 2.05) is 11.9 Å². The van der Waals surface area contributed by atoms with Crippen LogP contribution in [0.15, 0.2) is 12.4 Å². The molecule has 1 N–H and O–H groups in total. The van der Waals surface area contributed by atoms with Gasteiger partial charge in [-0.05, 0) is 6.42 Å². The van der Waals surface area contributed by atoms with Crippen molar-refractivity contribution >= 4 is 17.6 Å². The lowest BCUT2D eigenvalue weighted by Gasteiger charge is -2.17. The molecule has 0 aliphatic carbocycles. The summed E-state index contributed by atoms with van der Waals surface area (Å²) in [5.41, 5.74) is 0. The van der Waals surface area contributed by atoms with E-state index in [4.69, 9.17) is 0 Å². The lowest BCUT2D eigenvalue weighted by atomic mass is 10.4. The highest BCUT2D eigenvalue weighted by atomic mass is 16.5. The number of hydrogen-bond donors (Lipinski definition) is 1. The Kier molecular flexibility index (Phi) is 5.19. The summed E-state index contributed by atoms with van der Waals surface area (Å²) < 4.78 is 4.53. The van der Waals surface area contributed by atoms with Crippen molar-refractivity contribution in [2.45, 2.75) is 13.3 Å². The Morgan fingerprint density at radius 2 is 2.29 bits per heavy atom. The maximum Gasteiger partial charge on any atom is 0.325 e. The Morgan fingerprint density at radius 1 is 1.53 bits per heavy atom. The molecule has 6 nitrogen and oxygen atoms in total. The van der Waals surface area contributed by atoms with Crippen LogP contribution in [0, 0.1) is 0 Å². The van der Waals surface area contributed by atoms with Crippen molar-refractivity contribution in [1.82, 2.24) is 9.97 Å². The molecule has 1 rings (SSSR count). The average molecular weight is 238 g/mol. The molecule has 1 heterocycles. The van der Waals surface area contributed by atoms with E-state index in [1.54, 1.807) is 6.07 Å². The first-order valence-electron chi connectivity index (χ1n) is 5.51. The summed E-state index contributed by atoms with van der Waals surface area (Å²) >= 11 is 0. The summed E-state index contributed by atoms with van der Waals surface area (Å²) in [5, 5.41) is 2.88. The Morgan fingerprint density at radius 3 is 2.94 bits per heavy atom. The monoisotopic (exact) mass is 238 g/mol. The largest absolute Gasteiger partial charge is 0.468 e. The fraction of sp³-hybridized carbons (Fsp3) is 0.545. The van der Waals surface area contributed by atoms with Gasteiger partial charge < -0.3 is 15.0 Å². The van der Waals surface area contributed by atoms with Crippen molar-refractivity contribution in [3.63, 3.8) is 0 Å². The molecule has 0 atom stereocenters. The van der Waals surface area contributed by atoms with Crippen LogP contribution in [0.5, 0.6) is 0 Å². The fourth-order valence-electron chi connectivity index (χ4n) is 1.34. The number of nitrogens with one attached hydrogen (secondary N) is 1. The number of aromatic nitrogens is 2. The molecular weight excluding hydrogens is 220 g/mol. The predicted molar refractivity (Wildman–Crippen MR) is 66.1 cm³/mol. The molecule has 0 spiro atoms. The van der Waals surface area contributed by atoms with E-state index >= 15 is 0 Å². The van der Waals surface area contributed by atoms with Crippen molar-refractivity contribution < 1.29 is 9.53 Å². The van der Waals surface area contributed by atoms with Gasteiger partial charge in [-0.1, -0.05) is 6.92 Å². The molecule has 1 aromatic heterocycles. The third-order valence-corrected chi connectivity index (χ3v) is 2.24. The quantitative estimate of drug-likeness (QED) is 0.743. The molecule has 1 aromatic rings. The third kappa shape index (κ3) is 4.26. The molecule has 0 aliphatic heterocycles. The van der Waals surface area contributed by atoms with E-state index in [0.29, 0.717) is 5.82 Å². The molecular formula is C11H18N4O2. The standard InChI is InChI=1S/C11H18N4O2/c1-4-5-15(2)10-6-9(13-8-14-10)12-7-11(16)17-3/h6,8H,4-5,7H2,1-3H3,(H,12,13,14). The zero-order valence-corrected chi connectivity index (χ0v) is 10.4. The number of methoxy groups -OCH3 is 1. The van der Waals surface area contributed by atoms with Crippen LogP contribution < -0.4 is 10.2 Å². The van der Waals surface area contributed by atoms with Gasteiger partial charge in [-0.3, -0.25) is 4.79 Å². The van der Waals surface area contributed by atoms with Crippen molar-refractivity contribution in [3.8, 4) is 0 Å². The van der Waals surface area contributed by atoms with Crippen LogP contribution in [-0.2, 0) is 9.53 Å². The summed E-state index contributed by atoms with van der Waals surface area (Å²) in [6.45, 7) is 3.13. The van der Waals surface area contributed by atoms with Crippen molar-refractivity contribution in [2.24, 2.45) is 0 Å². The summed E-state index contributed by atoms with van der Waals surface area (Å²) in [4.78, 5) is 21.2. The van der Waals surface area contributed by atoms with E-state index in [0.717, 1.165) is 18.8 Å². The van der Waals surface area contributed by atoms with Crippen LogP contribution >= 0.6 is 0 Å². The minimum atomic E-state index is -0.327. The number of ether oxygens (including phenoxy) is 1. The number of esters is 1. The second-order valence-corrected chi connectivity index (χ2v) is 3.61. The second kappa shape index (κ2) is 6.67. The minimum absolute atomic E-state index is 0.102. The van der Waals surface area contributed by atoms with Crippen LogP contribution in [0.1, 0.15) is 13.3 Å². The Bertz CT molecular complexity index is 370. The van der Waals surface area contributed by atoms with Gasteiger partial charge in [0.15, 0.2) is 0 Å². The molecule has 0 radical (unpaired) electrons.